The molecule has 0 saturated carbocycles. The molecular weight excluding hydrogens is 158 g/mol. The second-order valence-electron chi connectivity index (χ2n) is 4.41. The second kappa shape index (κ2) is 4.80. The average molecular weight is 179 g/mol. The molecule has 1 fully saturated rings. The Labute approximate surface area is 81.8 Å². The van der Waals surface area contributed by atoms with Crippen LogP contribution in [0.2, 0.25) is 0 Å². The van der Waals surface area contributed by atoms with Crippen molar-refractivity contribution < 1.29 is 0 Å². The van der Waals surface area contributed by atoms with Crippen LogP contribution in [0.3, 0.4) is 0 Å². The topological polar surface area (TPSA) is 3.24 Å². The van der Waals surface area contributed by atoms with E-state index in [0.29, 0.717) is 0 Å². The first-order valence-corrected chi connectivity index (χ1v) is 5.85. The summed E-state index contributed by atoms with van der Waals surface area (Å²) in [6.45, 7) is 4.03. The molecule has 0 spiro atoms. The Balaban J connectivity index is 1.68. The molecule has 13 heavy (non-hydrogen) atoms. The van der Waals surface area contributed by atoms with Gasteiger partial charge in [0.1, 0.15) is 0 Å². The maximum atomic E-state index is 2.62. The van der Waals surface area contributed by atoms with Crippen LogP contribution in [0.15, 0.2) is 11.6 Å². The van der Waals surface area contributed by atoms with Crippen LogP contribution in [0.4, 0.5) is 0 Å². The molecule has 0 aromatic rings. The van der Waals surface area contributed by atoms with Gasteiger partial charge in [-0.15, -0.1) is 0 Å². The third kappa shape index (κ3) is 2.84. The van der Waals surface area contributed by atoms with E-state index < -0.39 is 0 Å². The third-order valence-corrected chi connectivity index (χ3v) is 3.33. The lowest BCUT2D eigenvalue weighted by Gasteiger charge is -2.17. The molecule has 1 heteroatoms. The summed E-state index contributed by atoms with van der Waals surface area (Å²) in [4.78, 5) is 2.62. The zero-order chi connectivity index (χ0) is 8.93. The van der Waals surface area contributed by atoms with Crippen LogP contribution in [0.5, 0.6) is 0 Å². The summed E-state index contributed by atoms with van der Waals surface area (Å²) >= 11 is 0. The molecule has 0 radical (unpaired) electrons. The molecule has 0 aromatic heterocycles. The van der Waals surface area contributed by atoms with Gasteiger partial charge in [-0.05, 0) is 58.0 Å². The van der Waals surface area contributed by atoms with Crippen molar-refractivity contribution in [1.82, 2.24) is 4.90 Å². The molecule has 0 atom stereocenters. The quantitative estimate of drug-likeness (QED) is 0.602. The molecule has 2 aliphatic rings. The van der Waals surface area contributed by atoms with Crippen LogP contribution in [0.25, 0.3) is 0 Å². The highest BCUT2D eigenvalue weighted by atomic mass is 15.1. The summed E-state index contributed by atoms with van der Waals surface area (Å²) in [5.74, 6) is 0. The van der Waals surface area contributed by atoms with Gasteiger partial charge < -0.3 is 4.90 Å². The molecule has 74 valence electrons. The summed E-state index contributed by atoms with van der Waals surface area (Å²) in [6.07, 6.45) is 12.3. The van der Waals surface area contributed by atoms with Crippen molar-refractivity contribution in [1.29, 1.82) is 0 Å². The monoisotopic (exact) mass is 179 g/mol. The maximum absolute atomic E-state index is 2.62. The lowest BCUT2D eigenvalue weighted by Crippen LogP contribution is -2.20. The molecule has 0 aromatic carbocycles. The maximum Gasteiger partial charge on any atom is 0.00186 e. The van der Waals surface area contributed by atoms with E-state index in [1.807, 2.05) is 0 Å². The van der Waals surface area contributed by atoms with Crippen LogP contribution < -0.4 is 0 Å². The van der Waals surface area contributed by atoms with Crippen LogP contribution >= 0.6 is 0 Å². The van der Waals surface area contributed by atoms with Gasteiger partial charge in [0.25, 0.3) is 0 Å². The highest BCUT2D eigenvalue weighted by Crippen LogP contribution is 2.21. The van der Waals surface area contributed by atoms with E-state index in [0.717, 1.165) is 0 Å². The molecule has 2 rings (SSSR count). The summed E-state index contributed by atoms with van der Waals surface area (Å²) < 4.78 is 0. The van der Waals surface area contributed by atoms with Crippen molar-refractivity contribution in [2.75, 3.05) is 19.6 Å². The summed E-state index contributed by atoms with van der Waals surface area (Å²) in [5.41, 5.74) is 1.73. The van der Waals surface area contributed by atoms with Gasteiger partial charge in [-0.1, -0.05) is 11.6 Å². The van der Waals surface area contributed by atoms with E-state index >= 15 is 0 Å². The Bertz CT molecular complexity index is 178. The van der Waals surface area contributed by atoms with E-state index in [9.17, 15) is 0 Å². The van der Waals surface area contributed by atoms with Gasteiger partial charge in [0.2, 0.25) is 0 Å². The summed E-state index contributed by atoms with van der Waals surface area (Å²) in [6, 6.07) is 0. The number of rotatable bonds is 3. The number of hydrogen-bond acceptors (Lipinski definition) is 1. The van der Waals surface area contributed by atoms with Gasteiger partial charge in [-0.2, -0.15) is 0 Å². The summed E-state index contributed by atoms with van der Waals surface area (Å²) in [5, 5.41) is 0. The molecular formula is C12H21N. The minimum atomic E-state index is 1.33. The third-order valence-electron chi connectivity index (χ3n) is 3.33. The van der Waals surface area contributed by atoms with Crippen LogP contribution in [-0.4, -0.2) is 24.5 Å². The molecule has 1 nitrogen and oxygen atoms in total. The molecule has 0 unspecified atom stereocenters. The Morgan fingerprint density at radius 1 is 1.08 bits per heavy atom. The van der Waals surface area contributed by atoms with Crippen molar-refractivity contribution in [3.63, 3.8) is 0 Å². The molecule has 0 N–H and O–H groups in total. The molecule has 1 aliphatic carbocycles. The zero-order valence-electron chi connectivity index (χ0n) is 8.60. The molecule has 0 amide bonds. The Morgan fingerprint density at radius 3 is 2.62 bits per heavy atom. The lowest BCUT2D eigenvalue weighted by molar-refractivity contribution is 0.340. The molecule has 1 saturated heterocycles. The van der Waals surface area contributed by atoms with Gasteiger partial charge in [0, 0.05) is 6.54 Å². The normalized spacial score (nSPS) is 24.8. The number of likely N-dealkylation sites (tertiary alicyclic amines) is 1. The molecule has 1 aliphatic heterocycles. The summed E-state index contributed by atoms with van der Waals surface area (Å²) in [7, 11) is 0. The van der Waals surface area contributed by atoms with E-state index in [1.165, 1.54) is 64.6 Å². The number of allylic oxidation sites excluding steroid dienone is 1. The lowest BCUT2D eigenvalue weighted by atomic mass is 9.97. The minimum Gasteiger partial charge on any atom is -0.303 e. The van der Waals surface area contributed by atoms with E-state index in [4.69, 9.17) is 0 Å². The van der Waals surface area contributed by atoms with Crippen molar-refractivity contribution in [2.45, 2.75) is 44.9 Å². The first kappa shape index (κ1) is 9.26. The molecule has 1 heterocycles. The largest absolute Gasteiger partial charge is 0.303 e. The van der Waals surface area contributed by atoms with Gasteiger partial charge in [0.15, 0.2) is 0 Å². The number of hydrogen-bond donors (Lipinski definition) is 0. The van der Waals surface area contributed by atoms with Crippen molar-refractivity contribution >= 4 is 0 Å². The number of nitrogens with zero attached hydrogens (tertiary/aromatic N) is 1. The molecule has 0 bridgehead atoms. The zero-order valence-corrected chi connectivity index (χ0v) is 8.60. The van der Waals surface area contributed by atoms with Gasteiger partial charge >= 0.3 is 0 Å². The SMILES string of the molecule is C1=C(CCN2CCCC2)CCCC1. The van der Waals surface area contributed by atoms with Gasteiger partial charge in [0.05, 0.1) is 0 Å². The standard InChI is InChI=1S/C12H21N/c1-2-6-12(7-3-1)8-11-13-9-4-5-10-13/h6H,1-5,7-11H2. The van der Waals surface area contributed by atoms with Crippen molar-refractivity contribution in [3.05, 3.63) is 11.6 Å². The first-order valence-electron chi connectivity index (χ1n) is 5.85. The Kier molecular flexibility index (Phi) is 3.42. The van der Waals surface area contributed by atoms with E-state index in [1.54, 1.807) is 5.57 Å². The Hall–Kier alpha value is -0.300. The minimum absolute atomic E-state index is 1.33. The van der Waals surface area contributed by atoms with E-state index in [-0.39, 0.29) is 0 Å². The van der Waals surface area contributed by atoms with Gasteiger partial charge in [-0.25, -0.2) is 0 Å². The van der Waals surface area contributed by atoms with E-state index in [2.05, 4.69) is 11.0 Å². The fraction of sp³-hybridized carbons (Fsp3) is 0.833. The van der Waals surface area contributed by atoms with Crippen LogP contribution in [0.1, 0.15) is 44.9 Å². The predicted octanol–water partition coefficient (Wildman–Crippen LogP) is 2.97. The van der Waals surface area contributed by atoms with Gasteiger partial charge in [-0.3, -0.25) is 0 Å². The second-order valence-corrected chi connectivity index (χ2v) is 4.41. The highest BCUT2D eigenvalue weighted by molar-refractivity contribution is 5.05. The van der Waals surface area contributed by atoms with Crippen LogP contribution in [-0.2, 0) is 0 Å². The van der Waals surface area contributed by atoms with Crippen LogP contribution in [0, 0.1) is 0 Å². The predicted molar refractivity (Wildman–Crippen MR) is 56.8 cm³/mol. The average Bonchev–Trinajstić information content (AvgIpc) is 2.69. The fourth-order valence-corrected chi connectivity index (χ4v) is 2.44. The fourth-order valence-electron chi connectivity index (χ4n) is 2.44. The highest BCUT2D eigenvalue weighted by Gasteiger charge is 2.12. The smallest absolute Gasteiger partial charge is 0.00186 e. The first-order chi connectivity index (χ1) is 6.45. The van der Waals surface area contributed by atoms with Crippen molar-refractivity contribution in [2.24, 2.45) is 0 Å². The van der Waals surface area contributed by atoms with Crippen molar-refractivity contribution in [3.8, 4) is 0 Å². The Morgan fingerprint density at radius 2 is 1.92 bits per heavy atom.